The van der Waals surface area contributed by atoms with Crippen LogP contribution in [0.15, 0.2) is 24.3 Å². The SMILES string of the molecule is CC(Oc1ccc(C(=O)CN)cc1)C(=O)O. The van der Waals surface area contributed by atoms with E-state index in [0.717, 1.165) is 0 Å². The zero-order chi connectivity index (χ0) is 12.1. The van der Waals surface area contributed by atoms with Crippen molar-refractivity contribution in [3.8, 4) is 5.75 Å². The van der Waals surface area contributed by atoms with Crippen molar-refractivity contribution < 1.29 is 19.4 Å². The molecule has 1 aromatic carbocycles. The van der Waals surface area contributed by atoms with E-state index >= 15 is 0 Å². The number of benzene rings is 1. The number of carboxylic acid groups (broad SMARTS) is 1. The Morgan fingerprint density at radius 1 is 1.38 bits per heavy atom. The molecule has 16 heavy (non-hydrogen) atoms. The highest BCUT2D eigenvalue weighted by Gasteiger charge is 2.12. The number of carbonyl (C=O) groups excluding carboxylic acids is 1. The fourth-order valence-electron chi connectivity index (χ4n) is 1.09. The normalized spacial score (nSPS) is 11.9. The molecule has 0 saturated heterocycles. The number of nitrogens with two attached hydrogens (primary N) is 1. The fourth-order valence-corrected chi connectivity index (χ4v) is 1.09. The van der Waals surface area contributed by atoms with Gasteiger partial charge in [-0.05, 0) is 31.2 Å². The van der Waals surface area contributed by atoms with E-state index in [0.29, 0.717) is 11.3 Å². The number of hydrogen-bond acceptors (Lipinski definition) is 4. The molecule has 0 aliphatic carbocycles. The summed E-state index contributed by atoms with van der Waals surface area (Å²) in [6.07, 6.45) is -0.920. The average molecular weight is 223 g/mol. The lowest BCUT2D eigenvalue weighted by Crippen LogP contribution is -2.22. The minimum atomic E-state index is -1.04. The number of aliphatic carboxylic acids is 1. The predicted octanol–water partition coefficient (Wildman–Crippen LogP) is 0.680. The number of carbonyl (C=O) groups is 2. The van der Waals surface area contributed by atoms with Gasteiger partial charge in [-0.25, -0.2) is 4.79 Å². The molecule has 0 aliphatic heterocycles. The van der Waals surface area contributed by atoms with E-state index < -0.39 is 12.1 Å². The molecule has 0 fully saturated rings. The lowest BCUT2D eigenvalue weighted by molar-refractivity contribution is -0.144. The Labute approximate surface area is 92.8 Å². The van der Waals surface area contributed by atoms with Crippen LogP contribution in [0.5, 0.6) is 5.75 Å². The van der Waals surface area contributed by atoms with Gasteiger partial charge in [-0.1, -0.05) is 0 Å². The molecule has 3 N–H and O–H groups in total. The third-order valence-corrected chi connectivity index (χ3v) is 2.02. The molecule has 1 rings (SSSR count). The van der Waals surface area contributed by atoms with Crippen molar-refractivity contribution in [2.24, 2.45) is 5.73 Å². The Morgan fingerprint density at radius 2 is 1.94 bits per heavy atom. The molecule has 0 aliphatic rings. The van der Waals surface area contributed by atoms with Crippen molar-refractivity contribution in [3.63, 3.8) is 0 Å². The molecule has 0 heterocycles. The summed E-state index contributed by atoms with van der Waals surface area (Å²) in [6, 6.07) is 6.20. The highest BCUT2D eigenvalue weighted by molar-refractivity contribution is 5.97. The second-order valence-corrected chi connectivity index (χ2v) is 3.25. The lowest BCUT2D eigenvalue weighted by atomic mass is 10.1. The van der Waals surface area contributed by atoms with Crippen LogP contribution in [0.4, 0.5) is 0 Å². The van der Waals surface area contributed by atoms with E-state index in [1.807, 2.05) is 0 Å². The maximum absolute atomic E-state index is 11.2. The lowest BCUT2D eigenvalue weighted by Gasteiger charge is -2.10. The van der Waals surface area contributed by atoms with Crippen LogP contribution in [0, 0.1) is 0 Å². The molecule has 86 valence electrons. The van der Waals surface area contributed by atoms with Gasteiger partial charge < -0.3 is 15.6 Å². The van der Waals surface area contributed by atoms with Crippen LogP contribution >= 0.6 is 0 Å². The van der Waals surface area contributed by atoms with Gasteiger partial charge in [-0.2, -0.15) is 0 Å². The Balaban J connectivity index is 2.72. The largest absolute Gasteiger partial charge is 0.479 e. The average Bonchev–Trinajstić information content (AvgIpc) is 2.28. The van der Waals surface area contributed by atoms with Crippen molar-refractivity contribution in [2.75, 3.05) is 6.54 Å². The first kappa shape index (κ1) is 12.2. The zero-order valence-corrected chi connectivity index (χ0v) is 8.84. The van der Waals surface area contributed by atoms with Crippen LogP contribution in [0.1, 0.15) is 17.3 Å². The van der Waals surface area contributed by atoms with E-state index in [-0.39, 0.29) is 12.3 Å². The molecule has 1 atom stereocenters. The van der Waals surface area contributed by atoms with Crippen LogP contribution < -0.4 is 10.5 Å². The van der Waals surface area contributed by atoms with Crippen molar-refractivity contribution in [2.45, 2.75) is 13.0 Å². The zero-order valence-electron chi connectivity index (χ0n) is 8.84. The summed E-state index contributed by atoms with van der Waals surface area (Å²) in [5.74, 6) is -0.802. The molecule has 5 nitrogen and oxygen atoms in total. The molecule has 1 unspecified atom stereocenters. The van der Waals surface area contributed by atoms with Crippen LogP contribution in [0.2, 0.25) is 0 Å². The van der Waals surface area contributed by atoms with Crippen LogP contribution in [0.3, 0.4) is 0 Å². The molecule has 5 heteroatoms. The quantitative estimate of drug-likeness (QED) is 0.716. The maximum Gasteiger partial charge on any atom is 0.344 e. The molecule has 0 spiro atoms. The summed E-state index contributed by atoms with van der Waals surface area (Å²) < 4.78 is 5.10. The number of carboxylic acids is 1. The molecule has 0 saturated carbocycles. The summed E-state index contributed by atoms with van der Waals surface area (Å²) >= 11 is 0. The Bertz CT molecular complexity index is 385. The third kappa shape index (κ3) is 3.06. The number of ketones is 1. The topological polar surface area (TPSA) is 89.6 Å². The third-order valence-electron chi connectivity index (χ3n) is 2.02. The van der Waals surface area contributed by atoms with Gasteiger partial charge in [-0.3, -0.25) is 4.79 Å². The van der Waals surface area contributed by atoms with Gasteiger partial charge in [0.25, 0.3) is 0 Å². The van der Waals surface area contributed by atoms with Gasteiger partial charge in [0.05, 0.1) is 6.54 Å². The van der Waals surface area contributed by atoms with Crippen molar-refractivity contribution in [1.82, 2.24) is 0 Å². The molecule has 0 bridgehead atoms. The number of hydrogen-bond donors (Lipinski definition) is 2. The number of ether oxygens (including phenoxy) is 1. The van der Waals surface area contributed by atoms with Crippen molar-refractivity contribution >= 4 is 11.8 Å². The van der Waals surface area contributed by atoms with Gasteiger partial charge in [0.2, 0.25) is 0 Å². The Morgan fingerprint density at radius 3 is 2.38 bits per heavy atom. The summed E-state index contributed by atoms with van der Waals surface area (Å²) in [5, 5.41) is 8.63. The molecule has 1 aromatic rings. The summed E-state index contributed by atoms with van der Waals surface area (Å²) in [7, 11) is 0. The first-order valence-corrected chi connectivity index (χ1v) is 4.77. The van der Waals surface area contributed by atoms with Crippen molar-refractivity contribution in [3.05, 3.63) is 29.8 Å². The standard InChI is InChI=1S/C11H13NO4/c1-7(11(14)15)16-9-4-2-8(3-5-9)10(13)6-12/h2-5,7H,6,12H2,1H3,(H,14,15). The smallest absolute Gasteiger partial charge is 0.344 e. The predicted molar refractivity (Wildman–Crippen MR) is 57.6 cm³/mol. The summed E-state index contributed by atoms with van der Waals surface area (Å²) in [4.78, 5) is 21.7. The molecular formula is C11H13NO4. The van der Waals surface area contributed by atoms with Crippen LogP contribution in [-0.4, -0.2) is 29.5 Å². The monoisotopic (exact) mass is 223 g/mol. The van der Waals surface area contributed by atoms with Crippen LogP contribution in [-0.2, 0) is 4.79 Å². The minimum Gasteiger partial charge on any atom is -0.479 e. The Hall–Kier alpha value is -1.88. The minimum absolute atomic E-state index is 0.0499. The van der Waals surface area contributed by atoms with Gasteiger partial charge >= 0.3 is 5.97 Å². The second kappa shape index (κ2) is 5.27. The van der Waals surface area contributed by atoms with Crippen molar-refractivity contribution in [1.29, 1.82) is 0 Å². The highest BCUT2D eigenvalue weighted by Crippen LogP contribution is 2.14. The van der Waals surface area contributed by atoms with Gasteiger partial charge in [0.15, 0.2) is 11.9 Å². The Kier molecular flexibility index (Phi) is 4.02. The first-order valence-electron chi connectivity index (χ1n) is 4.77. The second-order valence-electron chi connectivity index (χ2n) is 3.25. The fraction of sp³-hybridized carbons (Fsp3) is 0.273. The van der Waals surface area contributed by atoms with Gasteiger partial charge in [-0.15, -0.1) is 0 Å². The molecule has 0 amide bonds. The summed E-state index contributed by atoms with van der Waals surface area (Å²) in [6.45, 7) is 1.38. The van der Waals surface area contributed by atoms with E-state index in [9.17, 15) is 9.59 Å². The molecular weight excluding hydrogens is 210 g/mol. The summed E-state index contributed by atoms with van der Waals surface area (Å²) in [5.41, 5.74) is 5.69. The van der Waals surface area contributed by atoms with E-state index in [2.05, 4.69) is 0 Å². The maximum atomic E-state index is 11.2. The van der Waals surface area contributed by atoms with E-state index in [1.165, 1.54) is 6.92 Å². The van der Waals surface area contributed by atoms with E-state index in [4.69, 9.17) is 15.6 Å². The molecule has 0 aromatic heterocycles. The highest BCUT2D eigenvalue weighted by atomic mass is 16.5. The number of Topliss-reactive ketones (excluding diaryl/α,β-unsaturated/α-hetero) is 1. The van der Waals surface area contributed by atoms with Gasteiger partial charge in [0.1, 0.15) is 5.75 Å². The van der Waals surface area contributed by atoms with E-state index in [1.54, 1.807) is 24.3 Å². The molecule has 0 radical (unpaired) electrons. The van der Waals surface area contributed by atoms with Crippen LogP contribution in [0.25, 0.3) is 0 Å². The number of rotatable bonds is 5. The first-order chi connectivity index (χ1) is 7.54. The van der Waals surface area contributed by atoms with Gasteiger partial charge in [0, 0.05) is 5.56 Å².